The zero-order valence-corrected chi connectivity index (χ0v) is 25.7. The third-order valence-electron chi connectivity index (χ3n) is 6.50. The van der Waals surface area contributed by atoms with Gasteiger partial charge in [-0.05, 0) is 47.5 Å². The quantitative estimate of drug-likeness (QED) is 0.125. The van der Waals surface area contributed by atoms with E-state index in [-0.39, 0.29) is 5.56 Å². The highest BCUT2D eigenvalue weighted by atomic mass is 32.3. The molecule has 0 aliphatic carbocycles. The van der Waals surface area contributed by atoms with Crippen LogP contribution in [0.25, 0.3) is 37.8 Å². The molecule has 0 radical (unpaired) electrons. The number of hydrogen-bond acceptors (Lipinski definition) is 4. The Balaban J connectivity index is 0.000000295. The standard InChI is InChI=1S/C30H22F2N.C2F6NO4S2/c31-30(32,27-19-11-4-12-20-27)33-28(24-15-7-2-8-16-24)21-26(23-13-5-1-6-14-23)22-29(33)25-17-9-3-10-18-25;3-1(4,5)14(10,11)9-15(12,13)2(6,7)8/h1-22H;/q+1;-1. The summed E-state index contributed by atoms with van der Waals surface area (Å²) in [7, 11) is -13.4. The normalized spacial score (nSPS) is 12.6. The minimum Gasteiger partial charge on any atom is -0.421 e. The lowest BCUT2D eigenvalue weighted by molar-refractivity contribution is -0.793. The van der Waals surface area contributed by atoms with E-state index >= 15 is 8.78 Å². The van der Waals surface area contributed by atoms with Gasteiger partial charge in [-0.15, -0.1) is 13.3 Å². The monoisotopic (exact) mass is 714 g/mol. The van der Waals surface area contributed by atoms with Crippen molar-refractivity contribution in [3.63, 3.8) is 0 Å². The molecular weight excluding hydrogens is 692 g/mol. The number of hydrogen-bond donors (Lipinski definition) is 0. The minimum atomic E-state index is -6.72. The van der Waals surface area contributed by atoms with Gasteiger partial charge in [-0.1, -0.05) is 84.9 Å². The zero-order valence-electron chi connectivity index (χ0n) is 24.1. The van der Waals surface area contributed by atoms with E-state index in [4.69, 9.17) is 0 Å². The average Bonchev–Trinajstić information content (AvgIpc) is 3.04. The van der Waals surface area contributed by atoms with Crippen molar-refractivity contribution in [1.82, 2.24) is 0 Å². The van der Waals surface area contributed by atoms with Crippen LogP contribution in [0.4, 0.5) is 35.1 Å². The molecule has 1 aromatic heterocycles. The Labute approximate surface area is 270 Å². The summed E-state index contributed by atoms with van der Waals surface area (Å²) in [4.78, 5) is 0. The molecule has 16 heteroatoms. The molecule has 4 aromatic carbocycles. The molecule has 0 saturated carbocycles. The first-order valence-corrected chi connectivity index (χ1v) is 16.3. The highest BCUT2D eigenvalue weighted by molar-refractivity contribution is 8.13. The Hall–Kier alpha value is -4.67. The molecule has 252 valence electrons. The van der Waals surface area contributed by atoms with E-state index in [0.29, 0.717) is 11.4 Å². The summed E-state index contributed by atoms with van der Waals surface area (Å²) in [5, 5.41) is 0. The van der Waals surface area contributed by atoms with E-state index < -0.39 is 37.1 Å². The number of aromatic nitrogens is 1. The smallest absolute Gasteiger partial charge is 0.421 e. The van der Waals surface area contributed by atoms with Gasteiger partial charge in [0.05, 0.1) is 5.56 Å². The predicted molar refractivity (Wildman–Crippen MR) is 162 cm³/mol. The van der Waals surface area contributed by atoms with Crippen LogP contribution in [0.5, 0.6) is 0 Å². The molecule has 0 bridgehead atoms. The first-order chi connectivity index (χ1) is 22.4. The molecule has 0 spiro atoms. The number of benzene rings is 4. The number of rotatable bonds is 7. The number of halogens is 8. The topological polar surface area (TPSA) is 86.3 Å². The Morgan fingerprint density at radius 3 is 1.08 bits per heavy atom. The summed E-state index contributed by atoms with van der Waals surface area (Å²) >= 11 is 0. The number of pyridine rings is 1. The summed E-state index contributed by atoms with van der Waals surface area (Å²) in [6.45, 7) is 0. The van der Waals surface area contributed by atoms with E-state index in [0.717, 1.165) is 26.4 Å². The summed E-state index contributed by atoms with van der Waals surface area (Å²) in [5.41, 5.74) is -8.26. The lowest BCUT2D eigenvalue weighted by atomic mass is 9.98. The molecule has 0 amide bonds. The second-order valence-electron chi connectivity index (χ2n) is 9.77. The van der Waals surface area contributed by atoms with Crippen LogP contribution in [0.2, 0.25) is 0 Å². The second kappa shape index (κ2) is 13.8. The molecule has 0 atom stereocenters. The fourth-order valence-corrected chi connectivity index (χ4v) is 6.03. The van der Waals surface area contributed by atoms with Crippen LogP contribution in [0, 0.1) is 0 Å². The van der Waals surface area contributed by atoms with Crippen molar-refractivity contribution < 1.29 is 56.5 Å². The number of nitrogens with zero attached hydrogens (tertiary/aromatic N) is 2. The summed E-state index contributed by atoms with van der Waals surface area (Å²) in [6.07, 6.45) is 0. The van der Waals surface area contributed by atoms with Crippen LogP contribution in [0.1, 0.15) is 5.56 Å². The van der Waals surface area contributed by atoms with Crippen molar-refractivity contribution in [2.45, 2.75) is 17.1 Å². The average molecular weight is 715 g/mol. The van der Waals surface area contributed by atoms with Gasteiger partial charge in [0, 0.05) is 23.3 Å². The van der Waals surface area contributed by atoms with Gasteiger partial charge in [0.15, 0.2) is 20.0 Å². The van der Waals surface area contributed by atoms with Crippen LogP contribution in [0.3, 0.4) is 0 Å². The van der Waals surface area contributed by atoms with Gasteiger partial charge < -0.3 is 4.13 Å². The maximum atomic E-state index is 16.3. The molecular formula is C32H22F8N2O4S2. The molecule has 0 fully saturated rings. The third kappa shape index (κ3) is 8.06. The maximum Gasteiger partial charge on any atom is 0.490 e. The van der Waals surface area contributed by atoms with Crippen LogP contribution < -0.4 is 4.57 Å². The maximum absolute atomic E-state index is 16.3. The number of alkyl halides is 8. The Bertz CT molecular complexity index is 1960. The van der Waals surface area contributed by atoms with Crippen LogP contribution in [0.15, 0.2) is 133 Å². The second-order valence-corrected chi connectivity index (χ2v) is 13.2. The van der Waals surface area contributed by atoms with Gasteiger partial charge in [0.1, 0.15) is 0 Å². The molecule has 0 saturated heterocycles. The minimum absolute atomic E-state index is 0.0585. The molecule has 0 unspecified atom stereocenters. The lowest BCUT2D eigenvalue weighted by Gasteiger charge is -2.22. The lowest BCUT2D eigenvalue weighted by Crippen LogP contribution is -2.54. The van der Waals surface area contributed by atoms with Crippen LogP contribution in [-0.4, -0.2) is 27.9 Å². The molecule has 1 heterocycles. The molecule has 0 aliphatic heterocycles. The van der Waals surface area contributed by atoms with Crippen molar-refractivity contribution >= 4 is 20.0 Å². The summed E-state index contributed by atoms with van der Waals surface area (Å²) < 4.78 is 143. The summed E-state index contributed by atoms with van der Waals surface area (Å²) in [5.74, 6) is 0. The zero-order chi connectivity index (χ0) is 35.4. The van der Waals surface area contributed by atoms with Gasteiger partial charge in [0.2, 0.25) is 11.4 Å². The first kappa shape index (κ1) is 36.2. The molecule has 5 rings (SSSR count). The first-order valence-electron chi connectivity index (χ1n) is 13.4. The predicted octanol–water partition coefficient (Wildman–Crippen LogP) is 8.63. The summed E-state index contributed by atoms with van der Waals surface area (Å²) in [6, 6.07) is 37.0. The van der Waals surface area contributed by atoms with Crippen LogP contribution >= 0.6 is 0 Å². The van der Waals surface area contributed by atoms with Crippen molar-refractivity contribution in [3.05, 3.63) is 143 Å². The van der Waals surface area contributed by atoms with Crippen molar-refractivity contribution in [3.8, 4) is 33.6 Å². The van der Waals surface area contributed by atoms with E-state index in [1.165, 1.54) is 16.7 Å². The SMILES string of the molecule is FC(F)(c1ccccc1)[n+]1c(-c2ccccc2)cc(-c2ccccc2)cc1-c1ccccc1.O=S(=O)([N-]S(=O)(=O)C(F)(F)F)C(F)(F)F. The highest BCUT2D eigenvalue weighted by Crippen LogP contribution is 2.37. The number of sulfonamides is 2. The van der Waals surface area contributed by atoms with Gasteiger partial charge in [-0.2, -0.15) is 26.3 Å². The fraction of sp³-hybridized carbons (Fsp3) is 0.0938. The van der Waals surface area contributed by atoms with Gasteiger partial charge in [-0.3, -0.25) is 0 Å². The molecule has 0 aliphatic rings. The molecule has 5 aromatic rings. The van der Waals surface area contributed by atoms with Crippen molar-refractivity contribution in [2.24, 2.45) is 0 Å². The van der Waals surface area contributed by atoms with Crippen molar-refractivity contribution in [2.75, 3.05) is 0 Å². The Morgan fingerprint density at radius 2 is 0.750 bits per heavy atom. The van der Waals surface area contributed by atoms with Gasteiger partial charge >= 0.3 is 17.1 Å². The van der Waals surface area contributed by atoms with Gasteiger partial charge in [0.25, 0.3) is 0 Å². The Morgan fingerprint density at radius 1 is 0.438 bits per heavy atom. The van der Waals surface area contributed by atoms with Crippen LogP contribution in [-0.2, 0) is 26.1 Å². The molecule has 0 N–H and O–H groups in total. The molecule has 6 nitrogen and oxygen atoms in total. The fourth-order valence-electron chi connectivity index (χ4n) is 4.32. The Kier molecular flexibility index (Phi) is 10.4. The third-order valence-corrected chi connectivity index (χ3v) is 9.24. The van der Waals surface area contributed by atoms with Gasteiger partial charge in [-0.25, -0.2) is 16.8 Å². The van der Waals surface area contributed by atoms with E-state index in [1.54, 1.807) is 18.2 Å². The largest absolute Gasteiger partial charge is 0.490 e. The molecule has 48 heavy (non-hydrogen) atoms. The highest BCUT2D eigenvalue weighted by Gasteiger charge is 2.48. The van der Waals surface area contributed by atoms with E-state index in [9.17, 15) is 43.2 Å². The van der Waals surface area contributed by atoms with Crippen molar-refractivity contribution in [1.29, 1.82) is 0 Å². The van der Waals surface area contributed by atoms with E-state index in [1.807, 2.05) is 103 Å². The van der Waals surface area contributed by atoms with E-state index in [2.05, 4.69) is 0 Å².